The fourth-order valence-electron chi connectivity index (χ4n) is 2.81. The number of urea groups is 1. The van der Waals surface area contributed by atoms with Crippen molar-refractivity contribution in [3.05, 3.63) is 60.4 Å². The molecule has 0 spiro atoms. The first-order valence-electron chi connectivity index (χ1n) is 7.96. The molecule has 2 atom stereocenters. The van der Waals surface area contributed by atoms with Gasteiger partial charge >= 0.3 is 6.03 Å². The maximum Gasteiger partial charge on any atom is 0.315 e. The van der Waals surface area contributed by atoms with Crippen LogP contribution in [0.15, 0.2) is 54.9 Å². The molecule has 2 amide bonds. The minimum absolute atomic E-state index is 0.0292. The summed E-state index contributed by atoms with van der Waals surface area (Å²) in [6.07, 6.45) is 6.46. The van der Waals surface area contributed by atoms with Crippen LogP contribution in [0.4, 0.5) is 4.79 Å². The van der Waals surface area contributed by atoms with Crippen molar-refractivity contribution in [3.63, 3.8) is 0 Å². The Bertz CT molecular complexity index is 619. The Hall–Kier alpha value is -2.56. The molecule has 0 unspecified atom stereocenters. The third kappa shape index (κ3) is 4.45. The number of nitrogens with zero attached hydrogens (tertiary/aromatic N) is 1. The predicted molar refractivity (Wildman–Crippen MR) is 88.1 cm³/mol. The van der Waals surface area contributed by atoms with Gasteiger partial charge in [-0.15, -0.1) is 0 Å². The van der Waals surface area contributed by atoms with Crippen LogP contribution < -0.4 is 15.4 Å². The first-order valence-corrected chi connectivity index (χ1v) is 7.96. The lowest BCUT2D eigenvalue weighted by Crippen LogP contribution is -2.46. The minimum atomic E-state index is -0.164. The summed E-state index contributed by atoms with van der Waals surface area (Å²) in [6.45, 7) is 0.469. The second-order valence-corrected chi connectivity index (χ2v) is 5.70. The van der Waals surface area contributed by atoms with Gasteiger partial charge in [-0.05, 0) is 43.0 Å². The highest BCUT2D eigenvalue weighted by Gasteiger charge is 2.30. The predicted octanol–water partition coefficient (Wildman–Crippen LogP) is 2.88. The highest BCUT2D eigenvalue weighted by molar-refractivity contribution is 5.74. The van der Waals surface area contributed by atoms with E-state index >= 15 is 0 Å². The molecule has 2 aromatic rings. The van der Waals surface area contributed by atoms with Gasteiger partial charge in [0.25, 0.3) is 0 Å². The number of hydrogen-bond donors (Lipinski definition) is 2. The van der Waals surface area contributed by atoms with E-state index in [1.54, 1.807) is 12.4 Å². The van der Waals surface area contributed by atoms with Crippen molar-refractivity contribution < 1.29 is 9.53 Å². The molecule has 1 aliphatic carbocycles. The molecule has 3 rings (SSSR count). The highest BCUT2D eigenvalue weighted by Crippen LogP contribution is 2.24. The number of rotatable bonds is 5. The Labute approximate surface area is 136 Å². The zero-order valence-electron chi connectivity index (χ0n) is 12.9. The van der Waals surface area contributed by atoms with E-state index in [-0.39, 0.29) is 18.2 Å². The van der Waals surface area contributed by atoms with Crippen LogP contribution in [0, 0.1) is 0 Å². The van der Waals surface area contributed by atoms with Crippen LogP contribution in [0.5, 0.6) is 5.75 Å². The fraction of sp³-hybridized carbons (Fsp3) is 0.333. The monoisotopic (exact) mass is 311 g/mol. The number of para-hydroxylation sites is 1. The van der Waals surface area contributed by atoms with Crippen molar-refractivity contribution in [1.29, 1.82) is 0 Å². The second-order valence-electron chi connectivity index (χ2n) is 5.70. The largest absolute Gasteiger partial charge is 0.488 e. The minimum Gasteiger partial charge on any atom is -0.488 e. The summed E-state index contributed by atoms with van der Waals surface area (Å²) in [5.41, 5.74) is 0.978. The van der Waals surface area contributed by atoms with Gasteiger partial charge in [0.15, 0.2) is 0 Å². The molecule has 120 valence electrons. The molecule has 1 saturated carbocycles. The van der Waals surface area contributed by atoms with Crippen molar-refractivity contribution in [2.75, 3.05) is 0 Å². The molecule has 1 aliphatic rings. The van der Waals surface area contributed by atoms with E-state index in [9.17, 15) is 4.79 Å². The highest BCUT2D eigenvalue weighted by atomic mass is 16.5. The van der Waals surface area contributed by atoms with Gasteiger partial charge in [0.05, 0.1) is 6.04 Å². The van der Waals surface area contributed by atoms with E-state index in [1.165, 1.54) is 0 Å². The van der Waals surface area contributed by atoms with E-state index in [0.717, 1.165) is 30.6 Å². The zero-order valence-corrected chi connectivity index (χ0v) is 12.9. The maximum atomic E-state index is 12.1. The Kier molecular flexibility index (Phi) is 5.09. The molecule has 0 bridgehead atoms. The quantitative estimate of drug-likeness (QED) is 0.892. The smallest absolute Gasteiger partial charge is 0.315 e. The summed E-state index contributed by atoms with van der Waals surface area (Å²) in [6, 6.07) is 13.4. The molecule has 0 saturated heterocycles. The summed E-state index contributed by atoms with van der Waals surface area (Å²) in [5, 5.41) is 5.89. The number of carbonyl (C=O) groups excluding carboxylic acids is 1. The Morgan fingerprint density at radius 3 is 2.83 bits per heavy atom. The molecule has 1 heterocycles. The van der Waals surface area contributed by atoms with Gasteiger partial charge in [-0.1, -0.05) is 24.3 Å². The average molecular weight is 311 g/mol. The number of hydrogen-bond acceptors (Lipinski definition) is 3. The molecule has 5 nitrogen and oxygen atoms in total. The fourth-order valence-corrected chi connectivity index (χ4v) is 2.81. The third-order valence-electron chi connectivity index (χ3n) is 3.98. The lowest BCUT2D eigenvalue weighted by molar-refractivity contribution is 0.172. The Morgan fingerprint density at radius 2 is 2.04 bits per heavy atom. The molecule has 5 heteroatoms. The van der Waals surface area contributed by atoms with Crippen LogP contribution in [-0.4, -0.2) is 23.2 Å². The van der Waals surface area contributed by atoms with Crippen LogP contribution in [0.3, 0.4) is 0 Å². The maximum absolute atomic E-state index is 12.1. The molecule has 1 aromatic heterocycles. The lowest BCUT2D eigenvalue weighted by Gasteiger charge is -2.22. The van der Waals surface area contributed by atoms with Crippen molar-refractivity contribution in [2.24, 2.45) is 0 Å². The van der Waals surface area contributed by atoms with Gasteiger partial charge in [0, 0.05) is 18.9 Å². The van der Waals surface area contributed by atoms with Crippen LogP contribution in [0.2, 0.25) is 0 Å². The van der Waals surface area contributed by atoms with Crippen LogP contribution >= 0.6 is 0 Å². The number of aromatic nitrogens is 1. The summed E-state index contributed by atoms with van der Waals surface area (Å²) in [5.74, 6) is 0.849. The SMILES string of the molecule is O=C(NCc1cccnc1)N[C@H]1CCC[C@@H]1Oc1ccccc1. The van der Waals surface area contributed by atoms with Gasteiger partial charge in [0.2, 0.25) is 0 Å². The molecule has 23 heavy (non-hydrogen) atoms. The molecule has 1 fully saturated rings. The number of nitrogens with one attached hydrogen (secondary N) is 2. The third-order valence-corrected chi connectivity index (χ3v) is 3.98. The van der Waals surface area contributed by atoms with Gasteiger partial charge < -0.3 is 15.4 Å². The zero-order chi connectivity index (χ0) is 15.9. The van der Waals surface area contributed by atoms with E-state index in [0.29, 0.717) is 6.54 Å². The standard InChI is InChI=1S/C18H21N3O2/c22-18(20-13-14-6-5-11-19-12-14)21-16-9-4-10-17(16)23-15-7-2-1-3-8-15/h1-3,5-8,11-12,16-17H,4,9-10,13H2,(H2,20,21,22)/t16-,17-/m0/s1. The lowest BCUT2D eigenvalue weighted by atomic mass is 10.2. The summed E-state index contributed by atoms with van der Waals surface area (Å²) in [7, 11) is 0. The van der Waals surface area contributed by atoms with Gasteiger partial charge in [-0.2, -0.15) is 0 Å². The van der Waals surface area contributed by atoms with Crippen LogP contribution in [0.25, 0.3) is 0 Å². The molecule has 2 N–H and O–H groups in total. The van der Waals surface area contributed by atoms with E-state index in [2.05, 4.69) is 15.6 Å². The van der Waals surface area contributed by atoms with E-state index in [1.807, 2.05) is 42.5 Å². The number of pyridine rings is 1. The van der Waals surface area contributed by atoms with E-state index in [4.69, 9.17) is 4.74 Å². The van der Waals surface area contributed by atoms with Gasteiger partial charge in [-0.3, -0.25) is 4.98 Å². The summed E-state index contributed by atoms with van der Waals surface area (Å²) in [4.78, 5) is 16.1. The summed E-state index contributed by atoms with van der Waals surface area (Å²) < 4.78 is 6.00. The summed E-state index contributed by atoms with van der Waals surface area (Å²) >= 11 is 0. The Morgan fingerprint density at radius 1 is 1.17 bits per heavy atom. The first-order chi connectivity index (χ1) is 11.3. The number of carbonyl (C=O) groups is 1. The topological polar surface area (TPSA) is 63.2 Å². The number of benzene rings is 1. The molecule has 0 aliphatic heterocycles. The van der Waals surface area contributed by atoms with Crippen LogP contribution in [-0.2, 0) is 6.54 Å². The number of amides is 2. The first kappa shape index (κ1) is 15.3. The normalized spacial score (nSPS) is 20.0. The molecular weight excluding hydrogens is 290 g/mol. The van der Waals surface area contributed by atoms with Gasteiger partial charge in [-0.25, -0.2) is 4.79 Å². The average Bonchev–Trinajstić information content (AvgIpc) is 3.02. The van der Waals surface area contributed by atoms with Gasteiger partial charge in [0.1, 0.15) is 11.9 Å². The van der Waals surface area contributed by atoms with Crippen molar-refractivity contribution >= 4 is 6.03 Å². The van der Waals surface area contributed by atoms with Crippen LogP contribution in [0.1, 0.15) is 24.8 Å². The number of ether oxygens (including phenoxy) is 1. The molecule has 0 radical (unpaired) electrons. The Balaban J connectivity index is 1.49. The van der Waals surface area contributed by atoms with Crippen molar-refractivity contribution in [1.82, 2.24) is 15.6 Å². The van der Waals surface area contributed by atoms with E-state index < -0.39 is 0 Å². The molecule has 1 aromatic carbocycles. The van der Waals surface area contributed by atoms with Crippen molar-refractivity contribution in [3.8, 4) is 5.75 Å². The molecular formula is C18H21N3O2. The second kappa shape index (κ2) is 7.63. The van der Waals surface area contributed by atoms with Crippen molar-refractivity contribution in [2.45, 2.75) is 38.0 Å².